The van der Waals surface area contributed by atoms with Gasteiger partial charge in [-0.25, -0.2) is 0 Å². The highest BCUT2D eigenvalue weighted by molar-refractivity contribution is 9.10. The van der Waals surface area contributed by atoms with Crippen molar-refractivity contribution < 1.29 is 9.59 Å². The van der Waals surface area contributed by atoms with Gasteiger partial charge in [-0.3, -0.25) is 9.59 Å². The molecule has 0 bridgehead atoms. The molecule has 0 saturated carbocycles. The first-order valence-corrected chi connectivity index (χ1v) is 9.22. The number of carbonyl (C=O) groups excluding carboxylic acids is 2. The number of hydrogen-bond acceptors (Lipinski definition) is 2. The quantitative estimate of drug-likeness (QED) is 0.362. The zero-order valence-corrected chi connectivity index (χ0v) is 15.9. The maximum absolute atomic E-state index is 12.0. The summed E-state index contributed by atoms with van der Waals surface area (Å²) in [5.41, 5.74) is 1.50. The molecule has 0 atom stereocenters. The van der Waals surface area contributed by atoms with Crippen LogP contribution in [0.25, 0.3) is 0 Å². The molecule has 0 saturated heterocycles. The van der Waals surface area contributed by atoms with Crippen molar-refractivity contribution in [3.05, 3.63) is 68.6 Å². The number of halogens is 2. The Morgan fingerprint density at radius 2 is 0.957 bits per heavy atom. The van der Waals surface area contributed by atoms with E-state index in [0.29, 0.717) is 12.8 Å². The maximum Gasteiger partial charge on any atom is 0.162 e. The zero-order chi connectivity index (χ0) is 16.7. The Hall–Kier alpha value is -1.26. The molecule has 0 aliphatic carbocycles. The van der Waals surface area contributed by atoms with Gasteiger partial charge < -0.3 is 0 Å². The molecule has 0 N–H and O–H groups in total. The van der Waals surface area contributed by atoms with Crippen molar-refractivity contribution in [1.29, 1.82) is 0 Å². The fourth-order valence-electron chi connectivity index (χ4n) is 2.31. The lowest BCUT2D eigenvalue weighted by Crippen LogP contribution is -2.00. The van der Waals surface area contributed by atoms with Gasteiger partial charge in [0.25, 0.3) is 0 Å². The van der Waals surface area contributed by atoms with Crippen molar-refractivity contribution >= 4 is 43.4 Å². The molecule has 0 unspecified atom stereocenters. The third kappa shape index (κ3) is 6.04. The molecule has 0 spiro atoms. The Bertz CT molecular complexity index is 601. The van der Waals surface area contributed by atoms with Gasteiger partial charge in [0.05, 0.1) is 0 Å². The lowest BCUT2D eigenvalue weighted by molar-refractivity contribution is 0.0978. The molecular formula is C19H18Br2O2. The SMILES string of the molecule is O=C(CCCCCC(=O)c1ccc(Br)cc1)c1ccc(Br)cc1. The van der Waals surface area contributed by atoms with E-state index in [1.54, 1.807) is 0 Å². The first-order chi connectivity index (χ1) is 11.1. The average Bonchev–Trinajstić information content (AvgIpc) is 2.55. The summed E-state index contributed by atoms with van der Waals surface area (Å²) in [6.07, 6.45) is 3.61. The van der Waals surface area contributed by atoms with Crippen molar-refractivity contribution in [3.8, 4) is 0 Å². The Morgan fingerprint density at radius 1 is 0.609 bits per heavy atom. The average molecular weight is 438 g/mol. The van der Waals surface area contributed by atoms with Gasteiger partial charge in [-0.15, -0.1) is 0 Å². The number of Topliss-reactive ketones (excluding diaryl/α,β-unsaturated/α-hetero) is 2. The highest BCUT2D eigenvalue weighted by Crippen LogP contribution is 2.16. The van der Waals surface area contributed by atoms with Gasteiger partial charge in [0.1, 0.15) is 0 Å². The van der Waals surface area contributed by atoms with Gasteiger partial charge in [0.15, 0.2) is 11.6 Å². The third-order valence-corrected chi connectivity index (χ3v) is 4.70. The molecule has 0 aromatic heterocycles. The number of hydrogen-bond donors (Lipinski definition) is 0. The third-order valence-electron chi connectivity index (χ3n) is 3.64. The Balaban J connectivity index is 1.67. The Morgan fingerprint density at radius 3 is 1.30 bits per heavy atom. The van der Waals surface area contributed by atoms with Gasteiger partial charge >= 0.3 is 0 Å². The van der Waals surface area contributed by atoms with Crippen LogP contribution in [0.5, 0.6) is 0 Å². The van der Waals surface area contributed by atoms with E-state index in [9.17, 15) is 9.59 Å². The van der Waals surface area contributed by atoms with Crippen LogP contribution in [0.3, 0.4) is 0 Å². The largest absolute Gasteiger partial charge is 0.294 e. The van der Waals surface area contributed by atoms with Crippen LogP contribution in [0.1, 0.15) is 52.8 Å². The van der Waals surface area contributed by atoms with Gasteiger partial charge in [0.2, 0.25) is 0 Å². The maximum atomic E-state index is 12.0. The highest BCUT2D eigenvalue weighted by atomic mass is 79.9. The summed E-state index contributed by atoms with van der Waals surface area (Å²) in [6.45, 7) is 0. The zero-order valence-electron chi connectivity index (χ0n) is 12.7. The van der Waals surface area contributed by atoms with Crippen LogP contribution < -0.4 is 0 Å². The van der Waals surface area contributed by atoms with Crippen molar-refractivity contribution in [1.82, 2.24) is 0 Å². The predicted octanol–water partition coefficient (Wildman–Crippen LogP) is 6.23. The fourth-order valence-corrected chi connectivity index (χ4v) is 2.84. The molecule has 0 aliphatic rings. The van der Waals surface area contributed by atoms with E-state index in [1.807, 2.05) is 48.5 Å². The van der Waals surface area contributed by atoms with Crippen LogP contribution in [0.4, 0.5) is 0 Å². The molecule has 0 heterocycles. The van der Waals surface area contributed by atoms with Crippen LogP contribution in [0.2, 0.25) is 0 Å². The number of carbonyl (C=O) groups is 2. The summed E-state index contributed by atoms with van der Waals surface area (Å²) in [5.74, 6) is 0.327. The normalized spacial score (nSPS) is 10.5. The summed E-state index contributed by atoms with van der Waals surface area (Å²) < 4.78 is 1.95. The molecule has 2 rings (SSSR count). The second-order valence-electron chi connectivity index (χ2n) is 5.42. The summed E-state index contributed by atoms with van der Waals surface area (Å²) in [5, 5.41) is 0. The molecule has 2 aromatic rings. The monoisotopic (exact) mass is 436 g/mol. The minimum atomic E-state index is 0.164. The van der Waals surface area contributed by atoms with Crippen molar-refractivity contribution in [2.24, 2.45) is 0 Å². The van der Waals surface area contributed by atoms with E-state index in [0.717, 1.165) is 39.3 Å². The van der Waals surface area contributed by atoms with Crippen molar-refractivity contribution in [3.63, 3.8) is 0 Å². The van der Waals surface area contributed by atoms with Crippen molar-refractivity contribution in [2.45, 2.75) is 32.1 Å². The standard InChI is InChI=1S/C19H18Br2O2/c20-16-10-6-14(7-11-16)18(22)4-2-1-3-5-19(23)15-8-12-17(21)13-9-15/h6-13H,1-5H2. The molecule has 120 valence electrons. The van der Waals surface area contributed by atoms with Crippen LogP contribution in [-0.2, 0) is 0 Å². The summed E-state index contributed by atoms with van der Waals surface area (Å²) in [4.78, 5) is 24.0. The topological polar surface area (TPSA) is 34.1 Å². The molecule has 0 amide bonds. The number of benzene rings is 2. The van der Waals surface area contributed by atoms with Gasteiger partial charge in [-0.05, 0) is 37.1 Å². The Labute approximate surface area is 153 Å². The van der Waals surface area contributed by atoms with E-state index in [1.165, 1.54) is 0 Å². The molecule has 2 nitrogen and oxygen atoms in total. The van der Waals surface area contributed by atoms with Gasteiger partial charge in [-0.2, -0.15) is 0 Å². The minimum Gasteiger partial charge on any atom is -0.294 e. The highest BCUT2D eigenvalue weighted by Gasteiger charge is 2.07. The molecule has 4 heteroatoms. The van der Waals surface area contributed by atoms with Crippen LogP contribution in [0, 0.1) is 0 Å². The van der Waals surface area contributed by atoms with Gasteiger partial charge in [-0.1, -0.05) is 62.5 Å². The molecule has 0 aliphatic heterocycles. The Kier molecular flexibility index (Phi) is 7.18. The van der Waals surface area contributed by atoms with E-state index in [2.05, 4.69) is 31.9 Å². The van der Waals surface area contributed by atoms with Crippen LogP contribution in [0.15, 0.2) is 57.5 Å². The lowest BCUT2D eigenvalue weighted by Gasteiger charge is -2.03. The second-order valence-corrected chi connectivity index (χ2v) is 7.25. The van der Waals surface area contributed by atoms with E-state index in [4.69, 9.17) is 0 Å². The smallest absolute Gasteiger partial charge is 0.162 e. The van der Waals surface area contributed by atoms with Crippen molar-refractivity contribution in [2.75, 3.05) is 0 Å². The molecule has 2 aromatic carbocycles. The van der Waals surface area contributed by atoms with Gasteiger partial charge in [0, 0.05) is 32.9 Å². The second kappa shape index (κ2) is 9.14. The number of ketones is 2. The lowest BCUT2D eigenvalue weighted by atomic mass is 10.0. The summed E-state index contributed by atoms with van der Waals surface area (Å²) in [6, 6.07) is 14.9. The van der Waals surface area contributed by atoms with Crippen LogP contribution >= 0.6 is 31.9 Å². The molecule has 0 radical (unpaired) electrons. The van der Waals surface area contributed by atoms with E-state index in [-0.39, 0.29) is 11.6 Å². The minimum absolute atomic E-state index is 0.164. The predicted molar refractivity (Wildman–Crippen MR) is 100 cm³/mol. The first kappa shape index (κ1) is 18.1. The van der Waals surface area contributed by atoms with E-state index >= 15 is 0 Å². The molecule has 0 fully saturated rings. The molecular weight excluding hydrogens is 420 g/mol. The fraction of sp³-hybridized carbons (Fsp3) is 0.263. The van der Waals surface area contributed by atoms with Crippen LogP contribution in [-0.4, -0.2) is 11.6 Å². The number of rotatable bonds is 8. The molecule has 23 heavy (non-hydrogen) atoms. The summed E-state index contributed by atoms with van der Waals surface area (Å²) in [7, 11) is 0. The van der Waals surface area contributed by atoms with E-state index < -0.39 is 0 Å². The summed E-state index contributed by atoms with van der Waals surface area (Å²) >= 11 is 6.72. The first-order valence-electron chi connectivity index (χ1n) is 7.64. The number of unbranched alkanes of at least 4 members (excludes halogenated alkanes) is 2.